The quantitative estimate of drug-likeness (QED) is 0.900. The highest BCUT2D eigenvalue weighted by Crippen LogP contribution is 2.27. The molecule has 2 amide bonds. The third-order valence-electron chi connectivity index (χ3n) is 4.45. The molecule has 132 valence electrons. The Morgan fingerprint density at radius 1 is 1.27 bits per heavy atom. The molecule has 7 nitrogen and oxygen atoms in total. The molecule has 1 N–H and O–H groups in total. The van der Waals surface area contributed by atoms with E-state index in [9.17, 15) is 14.0 Å². The summed E-state index contributed by atoms with van der Waals surface area (Å²) >= 11 is 0. The van der Waals surface area contributed by atoms with Crippen LogP contribution in [-0.4, -0.2) is 33.3 Å². The van der Waals surface area contributed by atoms with Gasteiger partial charge in [-0.3, -0.25) is 9.59 Å². The van der Waals surface area contributed by atoms with Crippen molar-refractivity contribution in [3.63, 3.8) is 0 Å². The smallest absolute Gasteiger partial charge is 0.257 e. The number of amides is 2. The average molecular weight is 353 g/mol. The van der Waals surface area contributed by atoms with Crippen LogP contribution >= 0.6 is 0 Å². The van der Waals surface area contributed by atoms with Gasteiger partial charge < -0.3 is 5.32 Å². The van der Waals surface area contributed by atoms with Crippen molar-refractivity contribution in [3.05, 3.63) is 47.4 Å². The van der Waals surface area contributed by atoms with E-state index in [0.29, 0.717) is 17.1 Å². The Bertz CT molecular complexity index is 958. The standard InChI is InChI=1S/C18H16FN5O2/c1-10-9-15(21-16(25)11-5-7-12(19)8-6-11)24(23-10)18-20-14-4-2-3-13(14)17(26)22-18/h5-9,13H,2-4H2,1H3,(H,21,25). The molecule has 0 bridgehead atoms. The molecule has 1 aromatic heterocycles. The lowest BCUT2D eigenvalue weighted by Crippen LogP contribution is -2.29. The SMILES string of the molecule is Cc1cc(NC(=O)c2ccc(F)cc2)n(C2=NC(=O)C3CCCC3=N2)n1. The first-order chi connectivity index (χ1) is 12.5. The molecule has 26 heavy (non-hydrogen) atoms. The Labute approximate surface area is 148 Å². The van der Waals surface area contributed by atoms with Crippen molar-refractivity contribution >= 4 is 29.3 Å². The number of hydrogen-bond acceptors (Lipinski definition) is 4. The number of nitrogens with zero attached hydrogens (tertiary/aromatic N) is 4. The average Bonchev–Trinajstić information content (AvgIpc) is 3.22. The Balaban J connectivity index is 1.64. The van der Waals surface area contributed by atoms with Crippen LogP contribution in [0.25, 0.3) is 0 Å². The van der Waals surface area contributed by atoms with Crippen LogP contribution in [0.3, 0.4) is 0 Å². The lowest BCUT2D eigenvalue weighted by Gasteiger charge is -2.15. The maximum Gasteiger partial charge on any atom is 0.257 e. The fraction of sp³-hybridized carbons (Fsp3) is 0.278. The molecule has 1 saturated carbocycles. The minimum absolute atomic E-state index is 0.158. The van der Waals surface area contributed by atoms with Gasteiger partial charge in [-0.1, -0.05) is 0 Å². The number of aryl methyl sites for hydroxylation is 1. The molecule has 8 heteroatoms. The van der Waals surface area contributed by atoms with Gasteiger partial charge in [0.2, 0.25) is 0 Å². The normalized spacial score (nSPS) is 19.0. The molecular formula is C18H16FN5O2. The predicted molar refractivity (Wildman–Crippen MR) is 93.9 cm³/mol. The van der Waals surface area contributed by atoms with E-state index in [-0.39, 0.29) is 17.8 Å². The Morgan fingerprint density at radius 3 is 2.81 bits per heavy atom. The van der Waals surface area contributed by atoms with Crippen LogP contribution in [0.2, 0.25) is 0 Å². The monoisotopic (exact) mass is 353 g/mol. The molecule has 1 atom stereocenters. The van der Waals surface area contributed by atoms with Crippen molar-refractivity contribution in [2.45, 2.75) is 26.2 Å². The van der Waals surface area contributed by atoms with Crippen LogP contribution in [0.15, 0.2) is 40.3 Å². The Morgan fingerprint density at radius 2 is 2.04 bits per heavy atom. The molecule has 0 saturated heterocycles. The summed E-state index contributed by atoms with van der Waals surface area (Å²) in [4.78, 5) is 33.1. The van der Waals surface area contributed by atoms with Crippen molar-refractivity contribution in [2.24, 2.45) is 15.9 Å². The van der Waals surface area contributed by atoms with Crippen molar-refractivity contribution < 1.29 is 14.0 Å². The van der Waals surface area contributed by atoms with E-state index in [1.807, 2.05) is 0 Å². The lowest BCUT2D eigenvalue weighted by molar-refractivity contribution is -0.119. The van der Waals surface area contributed by atoms with Gasteiger partial charge in [-0.15, -0.1) is 0 Å². The summed E-state index contributed by atoms with van der Waals surface area (Å²) in [5, 5.41) is 7.01. The van der Waals surface area contributed by atoms with Crippen molar-refractivity contribution in [1.29, 1.82) is 0 Å². The number of fused-ring (bicyclic) bond motifs is 1. The van der Waals surface area contributed by atoms with E-state index in [2.05, 4.69) is 20.4 Å². The van der Waals surface area contributed by atoms with Crippen molar-refractivity contribution in [1.82, 2.24) is 9.78 Å². The van der Waals surface area contributed by atoms with Gasteiger partial charge >= 0.3 is 0 Å². The summed E-state index contributed by atoms with van der Waals surface area (Å²) in [5.41, 5.74) is 1.77. The highest BCUT2D eigenvalue weighted by Gasteiger charge is 2.33. The molecule has 1 unspecified atom stereocenters. The van der Waals surface area contributed by atoms with E-state index < -0.39 is 11.7 Å². The van der Waals surface area contributed by atoms with Gasteiger partial charge in [0.15, 0.2) is 0 Å². The largest absolute Gasteiger partial charge is 0.306 e. The molecule has 2 aliphatic rings. The van der Waals surface area contributed by atoms with Crippen LogP contribution in [0, 0.1) is 18.7 Å². The second-order valence-electron chi connectivity index (χ2n) is 6.34. The molecular weight excluding hydrogens is 337 g/mol. The highest BCUT2D eigenvalue weighted by atomic mass is 19.1. The zero-order valence-electron chi connectivity index (χ0n) is 14.1. The zero-order valence-corrected chi connectivity index (χ0v) is 14.1. The number of carbonyl (C=O) groups is 2. The number of nitrogens with one attached hydrogen (secondary N) is 1. The van der Waals surface area contributed by atoms with Gasteiger partial charge in [0.25, 0.3) is 17.8 Å². The van der Waals surface area contributed by atoms with E-state index in [4.69, 9.17) is 0 Å². The fourth-order valence-electron chi connectivity index (χ4n) is 3.18. The van der Waals surface area contributed by atoms with Crippen LogP contribution < -0.4 is 5.32 Å². The molecule has 4 rings (SSSR count). The first-order valence-corrected chi connectivity index (χ1v) is 8.35. The molecule has 0 radical (unpaired) electrons. The molecule has 2 aromatic rings. The second kappa shape index (κ2) is 6.29. The van der Waals surface area contributed by atoms with E-state index in [1.165, 1.54) is 28.9 Å². The number of aromatic nitrogens is 2. The molecule has 1 aliphatic heterocycles. The Hall–Kier alpha value is -3.16. The molecule has 2 heterocycles. The number of anilines is 1. The van der Waals surface area contributed by atoms with Crippen molar-refractivity contribution in [3.8, 4) is 0 Å². The Kier molecular flexibility index (Phi) is 3.95. The van der Waals surface area contributed by atoms with Gasteiger partial charge in [0.1, 0.15) is 11.6 Å². The topological polar surface area (TPSA) is 88.7 Å². The zero-order chi connectivity index (χ0) is 18.3. The maximum absolute atomic E-state index is 13.0. The van der Waals surface area contributed by atoms with Crippen LogP contribution in [0.1, 0.15) is 35.3 Å². The van der Waals surface area contributed by atoms with Gasteiger partial charge in [0.05, 0.1) is 11.6 Å². The van der Waals surface area contributed by atoms with Crippen LogP contribution in [-0.2, 0) is 4.79 Å². The van der Waals surface area contributed by atoms with Gasteiger partial charge in [-0.05, 0) is 50.5 Å². The van der Waals surface area contributed by atoms with Gasteiger partial charge in [-0.25, -0.2) is 9.38 Å². The lowest BCUT2D eigenvalue weighted by atomic mass is 10.1. The summed E-state index contributed by atoms with van der Waals surface area (Å²) in [7, 11) is 0. The van der Waals surface area contributed by atoms with E-state index >= 15 is 0 Å². The molecule has 1 aliphatic carbocycles. The maximum atomic E-state index is 13.0. The van der Waals surface area contributed by atoms with E-state index in [1.54, 1.807) is 13.0 Å². The first kappa shape index (κ1) is 16.3. The summed E-state index contributed by atoms with van der Waals surface area (Å²) in [6, 6.07) is 6.88. The summed E-state index contributed by atoms with van der Waals surface area (Å²) in [5.74, 6) is -0.756. The van der Waals surface area contributed by atoms with Crippen molar-refractivity contribution in [2.75, 3.05) is 5.32 Å². The van der Waals surface area contributed by atoms with Gasteiger partial charge in [-0.2, -0.15) is 14.8 Å². The summed E-state index contributed by atoms with van der Waals surface area (Å²) < 4.78 is 14.4. The summed E-state index contributed by atoms with van der Waals surface area (Å²) in [6.45, 7) is 1.76. The van der Waals surface area contributed by atoms with Crippen LogP contribution in [0.5, 0.6) is 0 Å². The van der Waals surface area contributed by atoms with Gasteiger partial charge in [0, 0.05) is 17.3 Å². The number of carbonyl (C=O) groups excluding carboxylic acids is 2. The molecule has 1 fully saturated rings. The van der Waals surface area contributed by atoms with E-state index in [0.717, 1.165) is 25.0 Å². The fourth-order valence-corrected chi connectivity index (χ4v) is 3.18. The second-order valence-corrected chi connectivity index (χ2v) is 6.34. The third kappa shape index (κ3) is 2.94. The highest BCUT2D eigenvalue weighted by molar-refractivity contribution is 6.17. The minimum atomic E-state index is -0.417. The third-order valence-corrected chi connectivity index (χ3v) is 4.45. The number of halogens is 1. The number of rotatable bonds is 2. The number of benzene rings is 1. The predicted octanol–water partition coefficient (Wildman–Crippen LogP) is 2.57. The number of hydrogen-bond donors (Lipinski definition) is 1. The molecule has 0 spiro atoms. The minimum Gasteiger partial charge on any atom is -0.306 e. The molecule has 1 aromatic carbocycles. The number of aliphatic imine (C=N–C) groups is 2. The first-order valence-electron chi connectivity index (χ1n) is 8.35. The summed E-state index contributed by atoms with van der Waals surface area (Å²) in [6.07, 6.45) is 2.47. The van der Waals surface area contributed by atoms with Crippen LogP contribution in [0.4, 0.5) is 10.2 Å².